The number of hydrogen-bond donors (Lipinski definition) is 1. The maximum Gasteiger partial charge on any atom is 0.147 e. The van der Waals surface area contributed by atoms with Crippen LogP contribution in [0.4, 0.5) is 0 Å². The lowest BCUT2D eigenvalue weighted by atomic mass is 10.2. The number of benzene rings is 1. The molecule has 1 aromatic carbocycles. The van der Waals surface area contributed by atoms with Gasteiger partial charge in [-0.2, -0.15) is 0 Å². The highest BCUT2D eigenvalue weighted by Gasteiger charge is 2.11. The van der Waals surface area contributed by atoms with Crippen molar-refractivity contribution in [3.63, 3.8) is 0 Å². The predicted octanol–water partition coefficient (Wildman–Crippen LogP) is 2.61. The number of rotatable bonds is 3. The average Bonchev–Trinajstić information content (AvgIpc) is 2.78. The Bertz CT molecular complexity index is 424. The van der Waals surface area contributed by atoms with Crippen LogP contribution in [0, 0.1) is 0 Å². The summed E-state index contributed by atoms with van der Waals surface area (Å²) in [4.78, 5) is 0. The Labute approximate surface area is 93.0 Å². The van der Waals surface area contributed by atoms with Gasteiger partial charge in [0.1, 0.15) is 10.0 Å². The molecule has 0 aliphatic carbocycles. The first-order valence-corrected chi connectivity index (χ1v) is 5.77. The zero-order chi connectivity index (χ0) is 10.7. The van der Waals surface area contributed by atoms with Crippen LogP contribution >= 0.6 is 11.3 Å². The van der Waals surface area contributed by atoms with Gasteiger partial charge in [0, 0.05) is 5.56 Å². The molecule has 0 fully saturated rings. The van der Waals surface area contributed by atoms with Gasteiger partial charge in [-0.05, 0) is 6.42 Å². The third kappa shape index (κ3) is 2.22. The molecule has 3 nitrogen and oxygen atoms in total. The van der Waals surface area contributed by atoms with E-state index in [4.69, 9.17) is 5.73 Å². The Morgan fingerprint density at radius 3 is 2.67 bits per heavy atom. The van der Waals surface area contributed by atoms with Crippen molar-refractivity contribution in [2.75, 3.05) is 0 Å². The van der Waals surface area contributed by atoms with E-state index in [1.807, 2.05) is 37.3 Å². The lowest BCUT2D eigenvalue weighted by Gasteiger charge is -2.00. The Hall–Kier alpha value is -1.26. The molecule has 0 radical (unpaired) electrons. The molecule has 4 heteroatoms. The van der Waals surface area contributed by atoms with E-state index in [0.717, 1.165) is 22.0 Å². The fourth-order valence-corrected chi connectivity index (χ4v) is 2.19. The van der Waals surface area contributed by atoms with Gasteiger partial charge in [-0.25, -0.2) is 0 Å². The molecular weight excluding hydrogens is 206 g/mol. The van der Waals surface area contributed by atoms with Crippen molar-refractivity contribution in [1.82, 2.24) is 10.2 Å². The number of nitrogens with zero attached hydrogens (tertiary/aromatic N) is 2. The molecule has 2 aromatic rings. The average molecular weight is 219 g/mol. The first kappa shape index (κ1) is 10.3. The number of hydrogen-bond acceptors (Lipinski definition) is 4. The van der Waals surface area contributed by atoms with Gasteiger partial charge >= 0.3 is 0 Å². The highest BCUT2D eigenvalue weighted by Crippen LogP contribution is 2.26. The number of nitrogens with two attached hydrogens (primary N) is 1. The van der Waals surface area contributed by atoms with E-state index in [2.05, 4.69) is 10.2 Å². The van der Waals surface area contributed by atoms with Crippen LogP contribution in [0.5, 0.6) is 0 Å². The van der Waals surface area contributed by atoms with Gasteiger partial charge in [-0.15, -0.1) is 10.2 Å². The Kier molecular flexibility index (Phi) is 3.08. The minimum absolute atomic E-state index is 0.0139. The van der Waals surface area contributed by atoms with Gasteiger partial charge in [0.15, 0.2) is 0 Å². The van der Waals surface area contributed by atoms with E-state index in [1.54, 1.807) is 11.3 Å². The summed E-state index contributed by atoms with van der Waals surface area (Å²) >= 11 is 1.57. The van der Waals surface area contributed by atoms with Gasteiger partial charge in [0.25, 0.3) is 0 Å². The molecule has 1 aromatic heterocycles. The molecular formula is C11H13N3S. The van der Waals surface area contributed by atoms with Crippen LogP contribution in [-0.2, 0) is 0 Å². The fourth-order valence-electron chi connectivity index (χ4n) is 1.26. The van der Waals surface area contributed by atoms with Crippen molar-refractivity contribution in [2.45, 2.75) is 19.4 Å². The second kappa shape index (κ2) is 4.51. The molecule has 15 heavy (non-hydrogen) atoms. The molecule has 2 N–H and O–H groups in total. The Morgan fingerprint density at radius 1 is 1.27 bits per heavy atom. The monoisotopic (exact) mass is 219 g/mol. The van der Waals surface area contributed by atoms with Crippen LogP contribution in [0.1, 0.15) is 24.4 Å². The molecule has 0 amide bonds. The lowest BCUT2D eigenvalue weighted by Crippen LogP contribution is -2.07. The van der Waals surface area contributed by atoms with E-state index in [1.165, 1.54) is 0 Å². The van der Waals surface area contributed by atoms with Crippen LogP contribution in [0.25, 0.3) is 10.6 Å². The van der Waals surface area contributed by atoms with Crippen LogP contribution in [0.2, 0.25) is 0 Å². The van der Waals surface area contributed by atoms with Crippen molar-refractivity contribution >= 4 is 11.3 Å². The first-order chi connectivity index (χ1) is 7.31. The highest BCUT2D eigenvalue weighted by atomic mass is 32.1. The van der Waals surface area contributed by atoms with Crippen molar-refractivity contribution < 1.29 is 0 Å². The Balaban J connectivity index is 2.28. The zero-order valence-corrected chi connectivity index (χ0v) is 9.37. The molecule has 1 heterocycles. The molecule has 0 saturated heterocycles. The summed E-state index contributed by atoms with van der Waals surface area (Å²) in [5, 5.41) is 10.1. The molecule has 2 rings (SSSR count). The van der Waals surface area contributed by atoms with Gasteiger partial charge in [-0.3, -0.25) is 0 Å². The van der Waals surface area contributed by atoms with Gasteiger partial charge in [-0.1, -0.05) is 48.6 Å². The summed E-state index contributed by atoms with van der Waals surface area (Å²) < 4.78 is 0. The lowest BCUT2D eigenvalue weighted by molar-refractivity contribution is 0.683. The summed E-state index contributed by atoms with van der Waals surface area (Å²) in [6, 6.07) is 10.1. The van der Waals surface area contributed by atoms with Crippen molar-refractivity contribution in [2.24, 2.45) is 5.73 Å². The number of aromatic nitrogens is 2. The van der Waals surface area contributed by atoms with Gasteiger partial charge in [0.2, 0.25) is 0 Å². The zero-order valence-electron chi connectivity index (χ0n) is 8.55. The molecule has 0 aliphatic rings. The predicted molar refractivity (Wildman–Crippen MR) is 62.6 cm³/mol. The fraction of sp³-hybridized carbons (Fsp3) is 0.273. The molecule has 0 spiro atoms. The van der Waals surface area contributed by atoms with Crippen LogP contribution in [0.15, 0.2) is 30.3 Å². The third-order valence-corrected chi connectivity index (χ3v) is 3.32. The molecule has 1 unspecified atom stereocenters. The second-order valence-corrected chi connectivity index (χ2v) is 4.34. The molecule has 0 saturated carbocycles. The quantitative estimate of drug-likeness (QED) is 0.863. The topological polar surface area (TPSA) is 51.8 Å². The summed E-state index contributed by atoms with van der Waals surface area (Å²) in [7, 11) is 0. The van der Waals surface area contributed by atoms with Gasteiger partial charge < -0.3 is 5.73 Å². The third-order valence-electron chi connectivity index (χ3n) is 2.22. The Morgan fingerprint density at radius 2 is 2.00 bits per heavy atom. The highest BCUT2D eigenvalue weighted by molar-refractivity contribution is 7.14. The molecule has 1 atom stereocenters. The van der Waals surface area contributed by atoms with Crippen LogP contribution in [0.3, 0.4) is 0 Å². The van der Waals surface area contributed by atoms with Crippen molar-refractivity contribution in [3.05, 3.63) is 35.3 Å². The molecule has 0 bridgehead atoms. The first-order valence-electron chi connectivity index (χ1n) is 4.95. The minimum atomic E-state index is 0.0139. The standard InChI is InChI=1S/C11H13N3S/c1-2-9(12)11-14-13-10(15-11)8-6-4-3-5-7-8/h3-7,9H,2,12H2,1H3. The minimum Gasteiger partial charge on any atom is -0.322 e. The van der Waals surface area contributed by atoms with Crippen LogP contribution < -0.4 is 5.73 Å². The normalized spacial score (nSPS) is 12.7. The van der Waals surface area contributed by atoms with Crippen molar-refractivity contribution in [1.29, 1.82) is 0 Å². The maximum absolute atomic E-state index is 5.89. The summed E-state index contributed by atoms with van der Waals surface area (Å²) in [5.74, 6) is 0. The van der Waals surface area contributed by atoms with Crippen LogP contribution in [-0.4, -0.2) is 10.2 Å². The summed E-state index contributed by atoms with van der Waals surface area (Å²) in [6.45, 7) is 2.05. The largest absolute Gasteiger partial charge is 0.322 e. The molecule has 78 valence electrons. The summed E-state index contributed by atoms with van der Waals surface area (Å²) in [5.41, 5.74) is 7.00. The second-order valence-electron chi connectivity index (χ2n) is 3.33. The molecule has 0 aliphatic heterocycles. The van der Waals surface area contributed by atoms with Crippen molar-refractivity contribution in [3.8, 4) is 10.6 Å². The summed E-state index contributed by atoms with van der Waals surface area (Å²) in [6.07, 6.45) is 0.892. The SMILES string of the molecule is CCC(N)c1nnc(-c2ccccc2)s1. The van der Waals surface area contributed by atoms with E-state index in [9.17, 15) is 0 Å². The van der Waals surface area contributed by atoms with E-state index >= 15 is 0 Å². The van der Waals surface area contributed by atoms with E-state index in [0.29, 0.717) is 0 Å². The van der Waals surface area contributed by atoms with E-state index in [-0.39, 0.29) is 6.04 Å². The smallest absolute Gasteiger partial charge is 0.147 e. The van der Waals surface area contributed by atoms with E-state index < -0.39 is 0 Å². The maximum atomic E-state index is 5.89. The van der Waals surface area contributed by atoms with Gasteiger partial charge in [0.05, 0.1) is 6.04 Å².